The molecule has 3 aliphatic heterocycles. The molecule has 0 aromatic heterocycles. The summed E-state index contributed by atoms with van der Waals surface area (Å²) in [7, 11) is 1.64. The number of carbonyl (C=O) groups excluding carboxylic acids is 2. The lowest BCUT2D eigenvalue weighted by Crippen LogP contribution is -2.37. The third kappa shape index (κ3) is 10.9. The summed E-state index contributed by atoms with van der Waals surface area (Å²) in [5, 5.41) is 2.63. The summed E-state index contributed by atoms with van der Waals surface area (Å²) < 4.78 is 19.0. The van der Waals surface area contributed by atoms with E-state index in [0.717, 1.165) is 44.1 Å². The van der Waals surface area contributed by atoms with Gasteiger partial charge in [0.25, 0.3) is 0 Å². The van der Waals surface area contributed by atoms with Gasteiger partial charge in [-0.1, -0.05) is 67.5 Å². The van der Waals surface area contributed by atoms with Gasteiger partial charge in [-0.05, 0) is 64.4 Å². The van der Waals surface area contributed by atoms with Gasteiger partial charge in [0.1, 0.15) is 6.10 Å². The van der Waals surface area contributed by atoms with E-state index in [9.17, 15) is 9.59 Å². The van der Waals surface area contributed by atoms with Crippen LogP contribution in [-0.2, 0) is 23.8 Å². The average Bonchev–Trinajstić information content (AvgIpc) is 2.90. The van der Waals surface area contributed by atoms with Crippen LogP contribution < -0.4 is 5.32 Å². The van der Waals surface area contributed by atoms with Gasteiger partial charge in [-0.2, -0.15) is 0 Å². The summed E-state index contributed by atoms with van der Waals surface area (Å²) in [5.41, 5.74) is 2.32. The van der Waals surface area contributed by atoms with E-state index in [0.29, 0.717) is 12.3 Å². The Morgan fingerprint density at radius 3 is 2.44 bits per heavy atom. The fourth-order valence-corrected chi connectivity index (χ4v) is 5.69. The summed E-state index contributed by atoms with van der Waals surface area (Å²) in [6, 6.07) is 0. The van der Waals surface area contributed by atoms with E-state index in [-0.39, 0.29) is 54.7 Å². The second kappa shape index (κ2) is 16.0. The van der Waals surface area contributed by atoms with E-state index in [2.05, 4.69) is 44.3 Å². The third-order valence-corrected chi connectivity index (χ3v) is 7.92. The summed E-state index contributed by atoms with van der Waals surface area (Å²) in [6.45, 7) is 8.32. The molecule has 6 nitrogen and oxygen atoms in total. The molecule has 0 saturated carbocycles. The van der Waals surface area contributed by atoms with E-state index in [1.54, 1.807) is 7.05 Å². The predicted octanol–water partition coefficient (Wildman–Crippen LogP) is 6.54. The number of rotatable bonds is 5. The first-order valence-electron chi connectivity index (χ1n) is 14.8. The Balaban J connectivity index is 1.75. The summed E-state index contributed by atoms with van der Waals surface area (Å²) in [4.78, 5) is 24.6. The largest absolute Gasteiger partial charge is 0.457 e. The molecule has 1 amide bonds. The highest BCUT2D eigenvalue weighted by atomic mass is 16.5. The number of carbonyl (C=O) groups is 2. The molecule has 2 fully saturated rings. The number of ether oxygens (including phenoxy) is 3. The lowest BCUT2D eigenvalue weighted by molar-refractivity contribution is -0.154. The van der Waals surface area contributed by atoms with Gasteiger partial charge in [-0.25, -0.2) is 0 Å². The van der Waals surface area contributed by atoms with Gasteiger partial charge >= 0.3 is 5.97 Å². The highest BCUT2D eigenvalue weighted by Crippen LogP contribution is 2.33. The minimum atomic E-state index is -0.384. The molecule has 3 heterocycles. The number of amides is 1. The van der Waals surface area contributed by atoms with Crippen LogP contribution in [0.3, 0.4) is 0 Å². The smallest absolute Gasteiger partial charge is 0.309 e. The third-order valence-electron chi connectivity index (χ3n) is 7.92. The van der Waals surface area contributed by atoms with Crippen molar-refractivity contribution in [3.63, 3.8) is 0 Å². The van der Waals surface area contributed by atoms with E-state index in [1.165, 1.54) is 12.0 Å². The minimum Gasteiger partial charge on any atom is -0.457 e. The molecule has 3 rings (SSSR count). The Labute approximate surface area is 235 Å². The van der Waals surface area contributed by atoms with E-state index in [4.69, 9.17) is 14.2 Å². The van der Waals surface area contributed by atoms with Crippen molar-refractivity contribution in [1.29, 1.82) is 0 Å². The molecule has 0 aromatic carbocycles. The number of hydrogen-bond donors (Lipinski definition) is 1. The molecule has 6 heteroatoms. The normalized spacial score (nSPS) is 34.4. The molecule has 7 unspecified atom stereocenters. The monoisotopic (exact) mass is 539 g/mol. The molecule has 0 aliphatic carbocycles. The van der Waals surface area contributed by atoms with Gasteiger partial charge < -0.3 is 19.5 Å². The Kier molecular flexibility index (Phi) is 12.7. The van der Waals surface area contributed by atoms with E-state index in [1.807, 2.05) is 37.3 Å². The minimum absolute atomic E-state index is 0.00909. The summed E-state index contributed by atoms with van der Waals surface area (Å²) in [6.07, 6.45) is 23.8. The molecular formula is C33H49NO5. The highest BCUT2D eigenvalue weighted by molar-refractivity contribution is 5.78. The van der Waals surface area contributed by atoms with Crippen LogP contribution in [-0.4, -0.2) is 49.4 Å². The SMILES string of the molecule is CC=C1CC2CC(=O)OC(C=CC=CC=C(C)CC(=O)NC)C(C)C=CC(C)CC3CCCC(CC(C1)O2)O3. The average molecular weight is 540 g/mol. The second-order valence-corrected chi connectivity index (χ2v) is 11.5. The number of cyclic esters (lactones) is 1. The molecule has 39 heavy (non-hydrogen) atoms. The molecule has 0 spiro atoms. The number of fused-ring (bicyclic) bond motifs is 4. The molecule has 0 aromatic rings. The van der Waals surface area contributed by atoms with Crippen molar-refractivity contribution in [2.75, 3.05) is 7.05 Å². The summed E-state index contributed by atoms with van der Waals surface area (Å²) >= 11 is 0. The number of hydrogen-bond acceptors (Lipinski definition) is 5. The Morgan fingerprint density at radius 1 is 0.974 bits per heavy atom. The van der Waals surface area contributed by atoms with Crippen LogP contribution in [0, 0.1) is 11.8 Å². The van der Waals surface area contributed by atoms with Crippen molar-refractivity contribution in [2.45, 2.75) is 116 Å². The molecule has 2 saturated heterocycles. The number of nitrogens with one attached hydrogen (secondary N) is 1. The fourth-order valence-electron chi connectivity index (χ4n) is 5.69. The maximum absolute atomic E-state index is 13.1. The predicted molar refractivity (Wildman–Crippen MR) is 156 cm³/mol. The number of allylic oxidation sites excluding steroid dienone is 6. The van der Waals surface area contributed by atoms with Crippen molar-refractivity contribution < 1.29 is 23.8 Å². The fraction of sp³-hybridized carbons (Fsp3) is 0.636. The maximum Gasteiger partial charge on any atom is 0.309 e. The Hall–Kier alpha value is -2.44. The summed E-state index contributed by atoms with van der Waals surface area (Å²) in [5.74, 6) is 0.156. The van der Waals surface area contributed by atoms with E-state index < -0.39 is 0 Å². The van der Waals surface area contributed by atoms with Crippen LogP contribution in [0.15, 0.2) is 59.8 Å². The Morgan fingerprint density at radius 2 is 1.69 bits per heavy atom. The first-order valence-corrected chi connectivity index (χ1v) is 14.8. The molecule has 1 N–H and O–H groups in total. The van der Waals surface area contributed by atoms with Crippen molar-refractivity contribution in [2.24, 2.45) is 11.8 Å². The van der Waals surface area contributed by atoms with Crippen LogP contribution in [0.1, 0.15) is 85.5 Å². The number of esters is 1. The molecule has 3 aliphatic rings. The van der Waals surface area contributed by atoms with Crippen LogP contribution in [0.4, 0.5) is 0 Å². The first-order chi connectivity index (χ1) is 18.7. The highest BCUT2D eigenvalue weighted by Gasteiger charge is 2.32. The molecule has 7 atom stereocenters. The topological polar surface area (TPSA) is 73.9 Å². The van der Waals surface area contributed by atoms with Crippen LogP contribution >= 0.6 is 0 Å². The lowest BCUT2D eigenvalue weighted by Gasteiger charge is -2.37. The molecule has 216 valence electrons. The molecular weight excluding hydrogens is 490 g/mol. The lowest BCUT2D eigenvalue weighted by atomic mass is 9.90. The Bertz CT molecular complexity index is 961. The van der Waals surface area contributed by atoms with Gasteiger partial charge in [-0.15, -0.1) is 0 Å². The van der Waals surface area contributed by atoms with Crippen LogP contribution in [0.5, 0.6) is 0 Å². The van der Waals surface area contributed by atoms with Crippen molar-refractivity contribution in [3.8, 4) is 0 Å². The van der Waals surface area contributed by atoms with Gasteiger partial charge in [0.05, 0.1) is 30.8 Å². The maximum atomic E-state index is 13.1. The van der Waals surface area contributed by atoms with Gasteiger partial charge in [0.15, 0.2) is 0 Å². The zero-order valence-corrected chi connectivity index (χ0v) is 24.6. The van der Waals surface area contributed by atoms with Gasteiger partial charge in [-0.3, -0.25) is 9.59 Å². The first kappa shape index (κ1) is 31.1. The van der Waals surface area contributed by atoms with Gasteiger partial charge in [0.2, 0.25) is 5.91 Å². The van der Waals surface area contributed by atoms with E-state index >= 15 is 0 Å². The molecule has 0 radical (unpaired) electrons. The zero-order valence-electron chi connectivity index (χ0n) is 24.6. The second-order valence-electron chi connectivity index (χ2n) is 11.5. The standard InChI is InChI=1S/C33H49NO5/c1-6-26-19-29-21-28-13-10-12-27(37-28)17-24(3)15-16-25(4)31(39-33(36)22-30(20-26)38-29)14-9-7-8-11-23(2)18-32(35)34-5/h6-9,11,14-16,24-25,27-31H,10,12-13,17-22H2,1-5H3,(H,34,35). The quantitative estimate of drug-likeness (QED) is 0.244. The zero-order chi connectivity index (χ0) is 28.2. The van der Waals surface area contributed by atoms with Crippen molar-refractivity contribution in [3.05, 3.63) is 59.8 Å². The molecule has 4 bridgehead atoms. The van der Waals surface area contributed by atoms with Crippen LogP contribution in [0.2, 0.25) is 0 Å². The van der Waals surface area contributed by atoms with Crippen molar-refractivity contribution >= 4 is 11.9 Å². The van der Waals surface area contributed by atoms with Gasteiger partial charge in [0, 0.05) is 25.8 Å². The van der Waals surface area contributed by atoms with Crippen LogP contribution in [0.25, 0.3) is 0 Å². The van der Waals surface area contributed by atoms with Crippen molar-refractivity contribution in [1.82, 2.24) is 5.32 Å².